The van der Waals surface area contributed by atoms with Gasteiger partial charge in [-0.15, -0.1) is 0 Å². The van der Waals surface area contributed by atoms with E-state index >= 15 is 0 Å². The lowest BCUT2D eigenvalue weighted by atomic mass is 9.96. The summed E-state index contributed by atoms with van der Waals surface area (Å²) in [5.74, 6) is 0.409. The fraction of sp³-hybridized carbons (Fsp3) is 0.867. The first-order valence-corrected chi connectivity index (χ1v) is 7.94. The van der Waals surface area contributed by atoms with E-state index in [0.717, 1.165) is 19.3 Å². The third-order valence-corrected chi connectivity index (χ3v) is 4.00. The van der Waals surface area contributed by atoms with Gasteiger partial charge in [0.1, 0.15) is 6.04 Å². The van der Waals surface area contributed by atoms with Crippen LogP contribution in [0.5, 0.6) is 0 Å². The SMILES string of the molecule is CCC(CCN)CCC(=O)NC(C)C(=O)N1CCOCC1. The minimum absolute atomic E-state index is 0.0272. The van der Waals surface area contributed by atoms with Crippen molar-refractivity contribution in [1.29, 1.82) is 0 Å². The second-order valence-electron chi connectivity index (χ2n) is 5.62. The van der Waals surface area contributed by atoms with E-state index in [1.807, 2.05) is 0 Å². The Labute approximate surface area is 127 Å². The fourth-order valence-electron chi connectivity index (χ4n) is 2.56. The van der Waals surface area contributed by atoms with Crippen LogP contribution in [0.3, 0.4) is 0 Å². The van der Waals surface area contributed by atoms with Gasteiger partial charge in [-0.3, -0.25) is 9.59 Å². The minimum Gasteiger partial charge on any atom is -0.378 e. The molecule has 0 aromatic carbocycles. The summed E-state index contributed by atoms with van der Waals surface area (Å²) in [6.07, 6.45) is 3.27. The van der Waals surface area contributed by atoms with E-state index in [-0.39, 0.29) is 11.8 Å². The number of ether oxygens (including phenoxy) is 1. The first-order valence-electron chi connectivity index (χ1n) is 7.94. The highest BCUT2D eigenvalue weighted by Gasteiger charge is 2.23. The molecule has 0 saturated carbocycles. The van der Waals surface area contributed by atoms with Crippen LogP contribution in [0.1, 0.15) is 39.5 Å². The van der Waals surface area contributed by atoms with Gasteiger partial charge >= 0.3 is 0 Å². The van der Waals surface area contributed by atoms with Gasteiger partial charge in [0.25, 0.3) is 0 Å². The van der Waals surface area contributed by atoms with Gasteiger partial charge in [-0.1, -0.05) is 13.3 Å². The summed E-state index contributed by atoms with van der Waals surface area (Å²) in [4.78, 5) is 25.8. The Morgan fingerprint density at radius 1 is 1.29 bits per heavy atom. The molecule has 1 fully saturated rings. The number of hydrogen-bond donors (Lipinski definition) is 2. The molecule has 21 heavy (non-hydrogen) atoms. The Morgan fingerprint density at radius 2 is 1.95 bits per heavy atom. The molecule has 1 heterocycles. The summed E-state index contributed by atoms with van der Waals surface area (Å²) in [6.45, 7) is 6.87. The molecule has 6 heteroatoms. The van der Waals surface area contributed by atoms with Crippen LogP contribution in [-0.2, 0) is 14.3 Å². The third kappa shape index (κ3) is 6.44. The van der Waals surface area contributed by atoms with Crippen LogP contribution < -0.4 is 11.1 Å². The quantitative estimate of drug-likeness (QED) is 0.684. The molecule has 1 aliphatic heterocycles. The maximum atomic E-state index is 12.2. The Balaban J connectivity index is 2.30. The summed E-state index contributed by atoms with van der Waals surface area (Å²) in [7, 11) is 0. The van der Waals surface area contributed by atoms with Crippen LogP contribution in [0.2, 0.25) is 0 Å². The van der Waals surface area contributed by atoms with Gasteiger partial charge < -0.3 is 20.7 Å². The molecular formula is C15H29N3O3. The van der Waals surface area contributed by atoms with Crippen molar-refractivity contribution in [3.05, 3.63) is 0 Å². The van der Waals surface area contributed by atoms with Gasteiger partial charge in [0.15, 0.2) is 0 Å². The van der Waals surface area contributed by atoms with Crippen molar-refractivity contribution < 1.29 is 14.3 Å². The largest absolute Gasteiger partial charge is 0.378 e. The normalized spacial score (nSPS) is 18.1. The van der Waals surface area contributed by atoms with Crippen molar-refractivity contribution in [2.45, 2.75) is 45.6 Å². The molecule has 122 valence electrons. The monoisotopic (exact) mass is 299 g/mol. The summed E-state index contributed by atoms with van der Waals surface area (Å²) in [5.41, 5.74) is 5.55. The van der Waals surface area contributed by atoms with Gasteiger partial charge in [-0.05, 0) is 32.2 Å². The molecule has 2 amide bonds. The first kappa shape index (κ1) is 17.9. The number of carbonyl (C=O) groups excluding carboxylic acids is 2. The van der Waals surface area contributed by atoms with Crippen LogP contribution in [-0.4, -0.2) is 55.6 Å². The van der Waals surface area contributed by atoms with Crippen LogP contribution in [0.4, 0.5) is 0 Å². The lowest BCUT2D eigenvalue weighted by molar-refractivity contribution is -0.139. The second kappa shape index (κ2) is 9.73. The van der Waals surface area contributed by atoms with Crippen molar-refractivity contribution in [2.75, 3.05) is 32.8 Å². The Kier molecular flexibility index (Phi) is 8.30. The van der Waals surface area contributed by atoms with E-state index in [1.165, 1.54) is 0 Å². The van der Waals surface area contributed by atoms with Crippen molar-refractivity contribution in [1.82, 2.24) is 10.2 Å². The number of carbonyl (C=O) groups is 2. The number of nitrogens with zero attached hydrogens (tertiary/aromatic N) is 1. The third-order valence-electron chi connectivity index (χ3n) is 4.00. The molecule has 3 N–H and O–H groups in total. The Morgan fingerprint density at radius 3 is 2.52 bits per heavy atom. The Hall–Kier alpha value is -1.14. The van der Waals surface area contributed by atoms with Gasteiger partial charge in [-0.2, -0.15) is 0 Å². The van der Waals surface area contributed by atoms with Crippen LogP contribution in [0.15, 0.2) is 0 Å². The summed E-state index contributed by atoms with van der Waals surface area (Å²) >= 11 is 0. The highest BCUT2D eigenvalue weighted by molar-refractivity contribution is 5.87. The molecule has 0 bridgehead atoms. The molecule has 0 spiro atoms. The number of amides is 2. The molecule has 0 aliphatic carbocycles. The van der Waals surface area contributed by atoms with Crippen molar-refractivity contribution >= 4 is 11.8 Å². The average Bonchev–Trinajstić information content (AvgIpc) is 2.51. The van der Waals surface area contributed by atoms with Crippen LogP contribution in [0, 0.1) is 5.92 Å². The maximum Gasteiger partial charge on any atom is 0.245 e. The van der Waals surface area contributed by atoms with E-state index in [4.69, 9.17) is 10.5 Å². The zero-order chi connectivity index (χ0) is 15.7. The van der Waals surface area contributed by atoms with E-state index in [2.05, 4.69) is 12.2 Å². The molecule has 0 aromatic rings. The smallest absolute Gasteiger partial charge is 0.245 e. The number of rotatable bonds is 8. The first-order chi connectivity index (χ1) is 10.1. The highest BCUT2D eigenvalue weighted by Crippen LogP contribution is 2.14. The van der Waals surface area contributed by atoms with Crippen LogP contribution >= 0.6 is 0 Å². The van der Waals surface area contributed by atoms with Gasteiger partial charge in [-0.25, -0.2) is 0 Å². The fourth-order valence-corrected chi connectivity index (χ4v) is 2.56. The maximum absolute atomic E-state index is 12.2. The lowest BCUT2D eigenvalue weighted by Gasteiger charge is -2.29. The zero-order valence-corrected chi connectivity index (χ0v) is 13.3. The topological polar surface area (TPSA) is 84.7 Å². The van der Waals surface area contributed by atoms with E-state index in [1.54, 1.807) is 11.8 Å². The second-order valence-corrected chi connectivity index (χ2v) is 5.62. The molecular weight excluding hydrogens is 270 g/mol. The average molecular weight is 299 g/mol. The highest BCUT2D eigenvalue weighted by atomic mass is 16.5. The van der Waals surface area contributed by atoms with Crippen molar-refractivity contribution in [2.24, 2.45) is 11.7 Å². The van der Waals surface area contributed by atoms with Gasteiger partial charge in [0.2, 0.25) is 11.8 Å². The van der Waals surface area contributed by atoms with E-state index in [0.29, 0.717) is 45.2 Å². The van der Waals surface area contributed by atoms with E-state index in [9.17, 15) is 9.59 Å². The molecule has 2 unspecified atom stereocenters. The molecule has 6 nitrogen and oxygen atoms in total. The van der Waals surface area contributed by atoms with Crippen LogP contribution in [0.25, 0.3) is 0 Å². The van der Waals surface area contributed by atoms with Gasteiger partial charge in [0, 0.05) is 19.5 Å². The molecule has 2 atom stereocenters. The van der Waals surface area contributed by atoms with Gasteiger partial charge in [0.05, 0.1) is 13.2 Å². The molecule has 0 radical (unpaired) electrons. The number of nitrogens with two attached hydrogens (primary N) is 1. The summed E-state index contributed by atoms with van der Waals surface area (Å²) in [6, 6.07) is -0.467. The summed E-state index contributed by atoms with van der Waals surface area (Å²) < 4.78 is 5.22. The standard InChI is InChI=1S/C15H29N3O3/c1-3-13(6-7-16)4-5-14(19)17-12(2)15(20)18-8-10-21-11-9-18/h12-13H,3-11,16H2,1-2H3,(H,17,19). The number of morpholine rings is 1. The Bertz CT molecular complexity index is 330. The predicted octanol–water partition coefficient (Wildman–Crippen LogP) is 0.505. The molecule has 1 rings (SSSR count). The van der Waals surface area contributed by atoms with E-state index < -0.39 is 6.04 Å². The molecule has 1 saturated heterocycles. The lowest BCUT2D eigenvalue weighted by Crippen LogP contribution is -2.50. The number of hydrogen-bond acceptors (Lipinski definition) is 4. The molecule has 0 aromatic heterocycles. The predicted molar refractivity (Wildman–Crippen MR) is 81.7 cm³/mol. The number of nitrogens with one attached hydrogen (secondary N) is 1. The summed E-state index contributed by atoms with van der Waals surface area (Å²) in [5, 5.41) is 2.80. The zero-order valence-electron chi connectivity index (χ0n) is 13.3. The van der Waals surface area contributed by atoms with Crippen molar-refractivity contribution in [3.63, 3.8) is 0 Å². The van der Waals surface area contributed by atoms with Crippen molar-refractivity contribution in [3.8, 4) is 0 Å². The molecule has 1 aliphatic rings. The minimum atomic E-state index is -0.467.